The van der Waals surface area contributed by atoms with Gasteiger partial charge in [0.2, 0.25) is 0 Å². The van der Waals surface area contributed by atoms with Gasteiger partial charge in [-0.25, -0.2) is 0 Å². The van der Waals surface area contributed by atoms with E-state index >= 15 is 0 Å². The van der Waals surface area contributed by atoms with Gasteiger partial charge in [0.1, 0.15) is 5.69 Å². The predicted molar refractivity (Wildman–Crippen MR) is 107 cm³/mol. The lowest BCUT2D eigenvalue weighted by Gasteiger charge is -2.28. The number of nitrogens with one attached hydrogen (secondary N) is 2. The Kier molecular flexibility index (Phi) is 6.41. The van der Waals surface area contributed by atoms with Gasteiger partial charge in [0, 0.05) is 42.8 Å². The minimum atomic E-state index is -0.328. The summed E-state index contributed by atoms with van der Waals surface area (Å²) < 4.78 is 0. The van der Waals surface area contributed by atoms with Gasteiger partial charge in [-0.05, 0) is 62.1 Å². The van der Waals surface area contributed by atoms with Crippen LogP contribution >= 0.6 is 0 Å². The van der Waals surface area contributed by atoms with E-state index in [-0.39, 0.29) is 17.5 Å². The van der Waals surface area contributed by atoms with Crippen LogP contribution in [0.25, 0.3) is 0 Å². The van der Waals surface area contributed by atoms with Crippen LogP contribution in [-0.4, -0.2) is 36.4 Å². The largest absolute Gasteiger partial charge is 0.372 e. The van der Waals surface area contributed by atoms with Crippen molar-refractivity contribution < 1.29 is 9.59 Å². The average Bonchev–Trinajstić information content (AvgIpc) is 2.73. The zero-order valence-electron chi connectivity index (χ0n) is 15.7. The topological polar surface area (TPSA) is 74.3 Å². The molecule has 1 fully saturated rings. The molecule has 1 aromatic carbocycles. The van der Waals surface area contributed by atoms with Gasteiger partial charge in [0.05, 0.1) is 0 Å². The molecule has 2 amide bonds. The highest BCUT2D eigenvalue weighted by atomic mass is 16.2. The third kappa shape index (κ3) is 5.06. The van der Waals surface area contributed by atoms with Crippen LogP contribution in [0.2, 0.25) is 0 Å². The predicted octanol–water partition coefficient (Wildman–Crippen LogP) is 3.46. The Morgan fingerprint density at radius 1 is 1.04 bits per heavy atom. The Labute approximate surface area is 160 Å². The van der Waals surface area contributed by atoms with Gasteiger partial charge in [-0.1, -0.05) is 6.92 Å². The molecule has 2 N–H and O–H groups in total. The van der Waals surface area contributed by atoms with Gasteiger partial charge in [-0.3, -0.25) is 14.6 Å². The maximum absolute atomic E-state index is 12.5. The fraction of sp³-hybridized carbons (Fsp3) is 0.381. The maximum atomic E-state index is 12.5. The van der Waals surface area contributed by atoms with Crippen LogP contribution in [-0.2, 0) is 0 Å². The van der Waals surface area contributed by atoms with Crippen molar-refractivity contribution >= 4 is 23.2 Å². The van der Waals surface area contributed by atoms with Gasteiger partial charge in [0.15, 0.2) is 0 Å². The third-order valence-electron chi connectivity index (χ3n) is 4.64. The molecule has 0 aliphatic carbocycles. The number of hydrogen-bond acceptors (Lipinski definition) is 4. The Morgan fingerprint density at radius 2 is 1.78 bits per heavy atom. The summed E-state index contributed by atoms with van der Waals surface area (Å²) in [6, 6.07) is 11.0. The van der Waals surface area contributed by atoms with Crippen LogP contribution in [0.4, 0.5) is 11.4 Å². The molecule has 0 unspecified atom stereocenters. The SMILES string of the molecule is CCCNC(=O)c1ccnc(C(=O)Nc2ccc(N3CCCCC3)cc2)c1. The molecule has 2 aromatic rings. The van der Waals surface area contributed by atoms with Crippen LogP contribution in [0.15, 0.2) is 42.6 Å². The molecular formula is C21H26N4O2. The quantitative estimate of drug-likeness (QED) is 0.821. The molecular weight excluding hydrogens is 340 g/mol. The fourth-order valence-electron chi connectivity index (χ4n) is 3.14. The molecule has 6 heteroatoms. The van der Waals surface area contributed by atoms with Crippen LogP contribution in [0, 0.1) is 0 Å². The number of piperidine rings is 1. The molecule has 6 nitrogen and oxygen atoms in total. The normalized spacial score (nSPS) is 13.9. The van der Waals surface area contributed by atoms with E-state index in [2.05, 4.69) is 20.5 Å². The first kappa shape index (κ1) is 18.9. The molecule has 1 aromatic heterocycles. The summed E-state index contributed by atoms with van der Waals surface area (Å²) in [7, 11) is 0. The molecule has 1 aliphatic heterocycles. The number of carbonyl (C=O) groups excluding carboxylic acids is 2. The van der Waals surface area contributed by atoms with E-state index in [0.717, 1.165) is 19.5 Å². The summed E-state index contributed by atoms with van der Waals surface area (Å²) in [6.45, 7) is 4.76. The van der Waals surface area contributed by atoms with E-state index in [9.17, 15) is 9.59 Å². The molecule has 2 heterocycles. The summed E-state index contributed by atoms with van der Waals surface area (Å²) in [4.78, 5) is 31.0. The lowest BCUT2D eigenvalue weighted by Crippen LogP contribution is -2.29. The number of nitrogens with zero attached hydrogens (tertiary/aromatic N) is 2. The standard InChI is InChI=1S/C21H26N4O2/c1-2-11-23-20(26)16-10-12-22-19(15-16)21(27)24-17-6-8-18(9-7-17)25-13-4-3-5-14-25/h6-10,12,15H,2-5,11,13-14H2,1H3,(H,23,26)(H,24,27). The van der Waals surface area contributed by atoms with Gasteiger partial charge in [-0.2, -0.15) is 0 Å². The summed E-state index contributed by atoms with van der Waals surface area (Å²) in [5, 5.41) is 5.64. The van der Waals surface area contributed by atoms with Crippen molar-refractivity contribution in [1.29, 1.82) is 0 Å². The first-order valence-corrected chi connectivity index (χ1v) is 9.58. The van der Waals surface area contributed by atoms with Crippen LogP contribution in [0.1, 0.15) is 53.5 Å². The highest BCUT2D eigenvalue weighted by Gasteiger charge is 2.13. The van der Waals surface area contributed by atoms with E-state index in [0.29, 0.717) is 17.8 Å². The number of anilines is 2. The first-order chi connectivity index (χ1) is 13.2. The molecule has 0 radical (unpaired) electrons. The fourth-order valence-corrected chi connectivity index (χ4v) is 3.14. The minimum absolute atomic E-state index is 0.195. The number of amides is 2. The Hall–Kier alpha value is -2.89. The summed E-state index contributed by atoms with van der Waals surface area (Å²) in [5.74, 6) is -0.523. The van der Waals surface area contributed by atoms with Crippen molar-refractivity contribution in [2.75, 3.05) is 29.9 Å². The molecule has 1 saturated heterocycles. The smallest absolute Gasteiger partial charge is 0.274 e. The number of rotatable bonds is 6. The Bertz CT molecular complexity index is 783. The summed E-state index contributed by atoms with van der Waals surface area (Å²) in [6.07, 6.45) is 6.10. The second-order valence-electron chi connectivity index (χ2n) is 6.73. The van der Waals surface area contributed by atoms with Crippen LogP contribution < -0.4 is 15.5 Å². The number of carbonyl (C=O) groups is 2. The second kappa shape index (κ2) is 9.16. The van der Waals surface area contributed by atoms with Crippen molar-refractivity contribution in [2.24, 2.45) is 0 Å². The van der Waals surface area contributed by atoms with Crippen molar-refractivity contribution in [3.63, 3.8) is 0 Å². The summed E-state index contributed by atoms with van der Waals surface area (Å²) in [5.41, 5.74) is 2.55. The monoisotopic (exact) mass is 366 g/mol. The molecule has 0 saturated carbocycles. The van der Waals surface area contributed by atoms with Crippen molar-refractivity contribution in [3.05, 3.63) is 53.9 Å². The first-order valence-electron chi connectivity index (χ1n) is 9.58. The third-order valence-corrected chi connectivity index (χ3v) is 4.64. The minimum Gasteiger partial charge on any atom is -0.372 e. The van der Waals surface area contributed by atoms with E-state index < -0.39 is 0 Å². The molecule has 3 rings (SSSR count). The lowest BCUT2D eigenvalue weighted by atomic mass is 10.1. The highest BCUT2D eigenvalue weighted by Crippen LogP contribution is 2.22. The van der Waals surface area contributed by atoms with Crippen LogP contribution in [0.5, 0.6) is 0 Å². The van der Waals surface area contributed by atoms with Crippen LogP contribution in [0.3, 0.4) is 0 Å². The highest BCUT2D eigenvalue weighted by molar-refractivity contribution is 6.04. The van der Waals surface area contributed by atoms with Gasteiger partial charge in [-0.15, -0.1) is 0 Å². The number of hydrogen-bond donors (Lipinski definition) is 2. The van der Waals surface area contributed by atoms with Gasteiger partial charge >= 0.3 is 0 Å². The van der Waals surface area contributed by atoms with Gasteiger partial charge < -0.3 is 15.5 Å². The van der Waals surface area contributed by atoms with Crippen molar-refractivity contribution in [3.8, 4) is 0 Å². The zero-order chi connectivity index (χ0) is 19.1. The summed E-state index contributed by atoms with van der Waals surface area (Å²) >= 11 is 0. The van der Waals surface area contributed by atoms with Crippen molar-refractivity contribution in [2.45, 2.75) is 32.6 Å². The number of aromatic nitrogens is 1. The van der Waals surface area contributed by atoms with E-state index in [1.807, 2.05) is 31.2 Å². The number of benzene rings is 1. The average molecular weight is 366 g/mol. The molecule has 1 aliphatic rings. The molecule has 0 atom stereocenters. The van der Waals surface area contributed by atoms with E-state index in [1.54, 1.807) is 6.07 Å². The Balaban J connectivity index is 1.63. The van der Waals surface area contributed by atoms with E-state index in [1.165, 1.54) is 37.2 Å². The molecule has 0 spiro atoms. The van der Waals surface area contributed by atoms with Gasteiger partial charge in [0.25, 0.3) is 11.8 Å². The van der Waals surface area contributed by atoms with E-state index in [4.69, 9.17) is 0 Å². The zero-order valence-corrected chi connectivity index (χ0v) is 15.7. The number of pyridine rings is 1. The second-order valence-corrected chi connectivity index (χ2v) is 6.73. The lowest BCUT2D eigenvalue weighted by molar-refractivity contribution is 0.0953. The molecule has 142 valence electrons. The molecule has 27 heavy (non-hydrogen) atoms. The Morgan fingerprint density at radius 3 is 2.48 bits per heavy atom. The molecule has 0 bridgehead atoms. The van der Waals surface area contributed by atoms with Crippen molar-refractivity contribution in [1.82, 2.24) is 10.3 Å². The maximum Gasteiger partial charge on any atom is 0.274 e.